The van der Waals surface area contributed by atoms with Crippen LogP contribution >= 0.6 is 0 Å². The number of amides is 1. The predicted molar refractivity (Wildman–Crippen MR) is 102 cm³/mol. The van der Waals surface area contributed by atoms with Crippen LogP contribution in [0.15, 0.2) is 72.8 Å². The summed E-state index contributed by atoms with van der Waals surface area (Å²) in [6.07, 6.45) is 0.848. The van der Waals surface area contributed by atoms with Crippen molar-refractivity contribution >= 4 is 11.6 Å². The lowest BCUT2D eigenvalue weighted by atomic mass is 9.99. The molecule has 0 unspecified atom stereocenters. The van der Waals surface area contributed by atoms with Gasteiger partial charge in [0.05, 0.1) is 13.2 Å². The molecule has 0 spiro atoms. The molecule has 1 N–H and O–H groups in total. The van der Waals surface area contributed by atoms with Crippen molar-refractivity contribution in [2.45, 2.75) is 6.42 Å². The predicted octanol–water partition coefficient (Wildman–Crippen LogP) is 4.77. The Bertz CT molecular complexity index is 922. The van der Waals surface area contributed by atoms with E-state index in [1.165, 1.54) is 0 Å². The van der Waals surface area contributed by atoms with E-state index >= 15 is 0 Å². The van der Waals surface area contributed by atoms with Crippen molar-refractivity contribution in [1.29, 1.82) is 0 Å². The van der Waals surface area contributed by atoms with Gasteiger partial charge < -0.3 is 14.8 Å². The van der Waals surface area contributed by atoms with Crippen LogP contribution in [0.4, 0.5) is 5.69 Å². The summed E-state index contributed by atoms with van der Waals surface area (Å²) >= 11 is 0. The van der Waals surface area contributed by atoms with Crippen LogP contribution in [0.25, 0.3) is 11.1 Å². The molecule has 0 bridgehead atoms. The molecule has 1 amide bonds. The van der Waals surface area contributed by atoms with Gasteiger partial charge in [-0.25, -0.2) is 0 Å². The first kappa shape index (κ1) is 16.2. The third kappa shape index (κ3) is 3.40. The molecule has 130 valence electrons. The molecule has 1 heterocycles. The Hall–Kier alpha value is -3.27. The maximum atomic E-state index is 12.9. The van der Waals surface area contributed by atoms with Crippen molar-refractivity contribution in [3.05, 3.63) is 78.4 Å². The van der Waals surface area contributed by atoms with Gasteiger partial charge in [0, 0.05) is 23.7 Å². The molecule has 0 saturated carbocycles. The number of rotatable bonds is 3. The van der Waals surface area contributed by atoms with Crippen LogP contribution < -0.4 is 14.8 Å². The summed E-state index contributed by atoms with van der Waals surface area (Å²) in [5.41, 5.74) is 3.23. The summed E-state index contributed by atoms with van der Waals surface area (Å²) in [6.45, 7) is 1.25. The summed E-state index contributed by atoms with van der Waals surface area (Å²) < 4.78 is 11.3. The van der Waals surface area contributed by atoms with Crippen LogP contribution in [0.5, 0.6) is 11.5 Å². The number of carbonyl (C=O) groups is 1. The molecule has 0 atom stereocenters. The number of nitrogens with one attached hydrogen (secondary N) is 1. The Kier molecular flexibility index (Phi) is 4.56. The van der Waals surface area contributed by atoms with Gasteiger partial charge in [-0.05, 0) is 29.3 Å². The molecule has 3 aromatic rings. The topological polar surface area (TPSA) is 47.6 Å². The smallest absolute Gasteiger partial charge is 0.256 e. The molecule has 0 saturated heterocycles. The summed E-state index contributed by atoms with van der Waals surface area (Å²) in [5.74, 6) is 1.22. The van der Waals surface area contributed by atoms with E-state index in [0.29, 0.717) is 36.0 Å². The van der Waals surface area contributed by atoms with E-state index in [-0.39, 0.29) is 5.91 Å². The first-order valence-electron chi connectivity index (χ1n) is 8.67. The Labute approximate surface area is 152 Å². The monoisotopic (exact) mass is 345 g/mol. The zero-order valence-electron chi connectivity index (χ0n) is 14.3. The van der Waals surface area contributed by atoms with Crippen LogP contribution in [0, 0.1) is 0 Å². The maximum Gasteiger partial charge on any atom is 0.256 e. The number of benzene rings is 3. The standard InChI is InChI=1S/C22H19NO3/c24-22(19-10-5-4-9-18(19)16-7-2-1-3-8-16)23-17-11-12-20-21(15-17)26-14-6-13-25-20/h1-5,7-12,15H,6,13-14H2,(H,23,24). The van der Waals surface area contributed by atoms with Gasteiger partial charge >= 0.3 is 0 Å². The molecular formula is C22H19NO3. The second-order valence-corrected chi connectivity index (χ2v) is 6.08. The molecule has 1 aliphatic rings. The number of anilines is 1. The molecule has 4 rings (SSSR count). The molecule has 26 heavy (non-hydrogen) atoms. The lowest BCUT2D eigenvalue weighted by Crippen LogP contribution is -2.13. The third-order valence-electron chi connectivity index (χ3n) is 4.26. The van der Waals surface area contributed by atoms with Crippen molar-refractivity contribution < 1.29 is 14.3 Å². The largest absolute Gasteiger partial charge is 0.490 e. The van der Waals surface area contributed by atoms with Gasteiger partial charge in [-0.3, -0.25) is 4.79 Å². The van der Waals surface area contributed by atoms with E-state index in [2.05, 4.69) is 5.32 Å². The number of fused-ring (bicyclic) bond motifs is 1. The molecule has 4 heteroatoms. The maximum absolute atomic E-state index is 12.9. The van der Waals surface area contributed by atoms with Gasteiger partial charge in [0.1, 0.15) is 0 Å². The van der Waals surface area contributed by atoms with Gasteiger partial charge in [-0.2, -0.15) is 0 Å². The van der Waals surface area contributed by atoms with Crippen molar-refractivity contribution in [3.8, 4) is 22.6 Å². The first-order chi connectivity index (χ1) is 12.8. The first-order valence-corrected chi connectivity index (χ1v) is 8.67. The number of ether oxygens (including phenoxy) is 2. The zero-order valence-corrected chi connectivity index (χ0v) is 14.3. The van der Waals surface area contributed by atoms with Gasteiger partial charge in [0.15, 0.2) is 11.5 Å². The van der Waals surface area contributed by atoms with Gasteiger partial charge in [0.2, 0.25) is 0 Å². The lowest BCUT2D eigenvalue weighted by Gasteiger charge is -2.12. The highest BCUT2D eigenvalue weighted by Gasteiger charge is 2.15. The molecule has 3 aromatic carbocycles. The second kappa shape index (κ2) is 7.31. The van der Waals surface area contributed by atoms with E-state index in [1.807, 2.05) is 72.8 Å². The van der Waals surface area contributed by atoms with Gasteiger partial charge in [-0.15, -0.1) is 0 Å². The third-order valence-corrected chi connectivity index (χ3v) is 4.26. The molecule has 4 nitrogen and oxygen atoms in total. The van der Waals surface area contributed by atoms with Crippen LogP contribution in [0.2, 0.25) is 0 Å². The Morgan fingerprint density at radius 1 is 0.808 bits per heavy atom. The molecule has 0 aliphatic carbocycles. The van der Waals surface area contributed by atoms with Crippen molar-refractivity contribution in [2.24, 2.45) is 0 Å². The minimum Gasteiger partial charge on any atom is -0.490 e. The van der Waals surface area contributed by atoms with E-state index in [9.17, 15) is 4.79 Å². The fourth-order valence-electron chi connectivity index (χ4n) is 2.99. The average Bonchev–Trinajstić information content (AvgIpc) is 2.93. The number of hydrogen-bond donors (Lipinski definition) is 1. The van der Waals surface area contributed by atoms with E-state index in [4.69, 9.17) is 9.47 Å². The van der Waals surface area contributed by atoms with Crippen molar-refractivity contribution in [2.75, 3.05) is 18.5 Å². The summed E-state index contributed by atoms with van der Waals surface area (Å²) in [5, 5.41) is 2.96. The van der Waals surface area contributed by atoms with Crippen LogP contribution in [0.3, 0.4) is 0 Å². The number of carbonyl (C=O) groups excluding carboxylic acids is 1. The van der Waals surface area contributed by atoms with Crippen LogP contribution in [-0.4, -0.2) is 19.1 Å². The molecule has 0 radical (unpaired) electrons. The van der Waals surface area contributed by atoms with Gasteiger partial charge in [0.25, 0.3) is 5.91 Å². The quantitative estimate of drug-likeness (QED) is 0.744. The number of hydrogen-bond acceptors (Lipinski definition) is 3. The highest BCUT2D eigenvalue weighted by atomic mass is 16.5. The van der Waals surface area contributed by atoms with Crippen molar-refractivity contribution in [1.82, 2.24) is 0 Å². The van der Waals surface area contributed by atoms with Crippen LogP contribution in [0.1, 0.15) is 16.8 Å². The van der Waals surface area contributed by atoms with E-state index in [0.717, 1.165) is 17.5 Å². The molecule has 0 fully saturated rings. The highest BCUT2D eigenvalue weighted by molar-refractivity contribution is 6.08. The zero-order chi connectivity index (χ0) is 17.8. The van der Waals surface area contributed by atoms with Gasteiger partial charge in [-0.1, -0.05) is 48.5 Å². The van der Waals surface area contributed by atoms with E-state index < -0.39 is 0 Å². The Balaban J connectivity index is 1.61. The molecule has 1 aliphatic heterocycles. The summed E-state index contributed by atoms with van der Waals surface area (Å²) in [7, 11) is 0. The van der Waals surface area contributed by atoms with Crippen molar-refractivity contribution in [3.63, 3.8) is 0 Å². The molecular weight excluding hydrogens is 326 g/mol. The SMILES string of the molecule is O=C(Nc1ccc2c(c1)OCCCO2)c1ccccc1-c1ccccc1. The Morgan fingerprint density at radius 2 is 1.54 bits per heavy atom. The minimum absolute atomic E-state index is 0.154. The lowest BCUT2D eigenvalue weighted by molar-refractivity contribution is 0.102. The summed E-state index contributed by atoms with van der Waals surface area (Å²) in [6, 6.07) is 23.0. The summed E-state index contributed by atoms with van der Waals surface area (Å²) in [4.78, 5) is 12.9. The fraction of sp³-hybridized carbons (Fsp3) is 0.136. The van der Waals surface area contributed by atoms with Crippen LogP contribution in [-0.2, 0) is 0 Å². The average molecular weight is 345 g/mol. The Morgan fingerprint density at radius 3 is 2.38 bits per heavy atom. The normalized spacial score (nSPS) is 12.9. The minimum atomic E-state index is -0.154. The molecule has 0 aromatic heterocycles. The fourth-order valence-corrected chi connectivity index (χ4v) is 2.99. The second-order valence-electron chi connectivity index (χ2n) is 6.08. The van der Waals surface area contributed by atoms with E-state index in [1.54, 1.807) is 0 Å². The highest BCUT2D eigenvalue weighted by Crippen LogP contribution is 2.33.